The van der Waals surface area contributed by atoms with Crippen LogP contribution >= 0.6 is 0 Å². The third-order valence-electron chi connectivity index (χ3n) is 3.57. The largest absolute Gasteiger partial charge is 0.494 e. The number of ether oxygens (including phenoxy) is 1. The number of carbonyl (C=O) groups excluding carboxylic acids is 2. The first-order valence-corrected chi connectivity index (χ1v) is 8.67. The Kier molecular flexibility index (Phi) is 7.96. The van der Waals surface area contributed by atoms with Gasteiger partial charge < -0.3 is 10.1 Å². The highest BCUT2D eigenvalue weighted by atomic mass is 19.1. The van der Waals surface area contributed by atoms with E-state index in [1.165, 1.54) is 30.5 Å². The van der Waals surface area contributed by atoms with Gasteiger partial charge in [-0.05, 0) is 60.5 Å². The van der Waals surface area contributed by atoms with E-state index in [0.29, 0.717) is 6.61 Å². The van der Waals surface area contributed by atoms with Gasteiger partial charge in [-0.3, -0.25) is 9.59 Å². The minimum atomic E-state index is -0.471. The molecule has 0 aromatic heterocycles. The number of nitrogens with zero attached hydrogens (tertiary/aromatic N) is 1. The second-order valence-electron chi connectivity index (χ2n) is 5.75. The maximum absolute atomic E-state index is 12.8. The Morgan fingerprint density at radius 2 is 1.81 bits per heavy atom. The molecule has 2 aromatic rings. The van der Waals surface area contributed by atoms with Crippen molar-refractivity contribution in [2.24, 2.45) is 5.10 Å². The summed E-state index contributed by atoms with van der Waals surface area (Å²) in [7, 11) is 0. The van der Waals surface area contributed by atoms with Crippen molar-refractivity contribution < 1.29 is 18.7 Å². The van der Waals surface area contributed by atoms with Crippen LogP contribution < -0.4 is 15.5 Å². The van der Waals surface area contributed by atoms with E-state index in [4.69, 9.17) is 4.74 Å². The number of halogens is 1. The lowest BCUT2D eigenvalue weighted by Gasteiger charge is -2.05. The lowest BCUT2D eigenvalue weighted by atomic mass is 10.2. The monoisotopic (exact) mass is 371 g/mol. The number of benzene rings is 2. The molecule has 2 amide bonds. The number of nitrogens with one attached hydrogen (secondary N) is 2. The van der Waals surface area contributed by atoms with E-state index in [2.05, 4.69) is 22.8 Å². The Morgan fingerprint density at radius 3 is 2.48 bits per heavy atom. The third kappa shape index (κ3) is 7.27. The summed E-state index contributed by atoms with van der Waals surface area (Å²) in [5.74, 6) is -0.582. The SMILES string of the molecule is CCCCOc1ccc(/C=N/NC(=O)CNC(=O)c2ccc(F)cc2)cc1. The highest BCUT2D eigenvalue weighted by molar-refractivity contribution is 5.96. The molecule has 0 fully saturated rings. The summed E-state index contributed by atoms with van der Waals surface area (Å²) < 4.78 is 18.4. The highest BCUT2D eigenvalue weighted by Gasteiger charge is 2.07. The number of amides is 2. The van der Waals surface area contributed by atoms with E-state index >= 15 is 0 Å². The Bertz CT molecular complexity index is 774. The van der Waals surface area contributed by atoms with Gasteiger partial charge in [0.25, 0.3) is 11.8 Å². The summed E-state index contributed by atoms with van der Waals surface area (Å²) >= 11 is 0. The van der Waals surface area contributed by atoms with E-state index in [0.717, 1.165) is 24.2 Å². The predicted octanol–water partition coefficient (Wildman–Crippen LogP) is 2.88. The fourth-order valence-electron chi connectivity index (χ4n) is 2.07. The molecule has 2 rings (SSSR count). The number of hydrazone groups is 1. The number of unbranched alkanes of at least 4 members (excludes halogenated alkanes) is 1. The lowest BCUT2D eigenvalue weighted by Crippen LogP contribution is -2.34. The zero-order valence-corrected chi connectivity index (χ0v) is 15.1. The fourth-order valence-corrected chi connectivity index (χ4v) is 2.07. The van der Waals surface area contributed by atoms with Crippen LogP contribution in [0.5, 0.6) is 5.75 Å². The maximum atomic E-state index is 12.8. The van der Waals surface area contributed by atoms with Crippen LogP contribution in [0.25, 0.3) is 0 Å². The van der Waals surface area contributed by atoms with Gasteiger partial charge in [0, 0.05) is 5.56 Å². The fraction of sp³-hybridized carbons (Fsp3) is 0.250. The predicted molar refractivity (Wildman–Crippen MR) is 101 cm³/mol. The molecule has 27 heavy (non-hydrogen) atoms. The van der Waals surface area contributed by atoms with Crippen LogP contribution in [0, 0.1) is 5.82 Å². The number of hydrogen-bond donors (Lipinski definition) is 2. The first-order valence-electron chi connectivity index (χ1n) is 8.67. The van der Waals surface area contributed by atoms with E-state index in [1.54, 1.807) is 0 Å². The summed E-state index contributed by atoms with van der Waals surface area (Å²) in [4.78, 5) is 23.5. The molecule has 0 bridgehead atoms. The molecule has 2 N–H and O–H groups in total. The lowest BCUT2D eigenvalue weighted by molar-refractivity contribution is -0.120. The van der Waals surface area contributed by atoms with Crippen molar-refractivity contribution in [2.45, 2.75) is 19.8 Å². The molecule has 0 aliphatic rings. The molecule has 0 radical (unpaired) electrons. The van der Waals surface area contributed by atoms with Gasteiger partial charge in [-0.25, -0.2) is 9.82 Å². The van der Waals surface area contributed by atoms with Crippen LogP contribution in [-0.2, 0) is 4.79 Å². The van der Waals surface area contributed by atoms with Crippen molar-refractivity contribution in [3.63, 3.8) is 0 Å². The molecule has 2 aromatic carbocycles. The summed E-state index contributed by atoms with van der Waals surface area (Å²) in [6, 6.07) is 12.4. The van der Waals surface area contributed by atoms with Crippen LogP contribution in [0.2, 0.25) is 0 Å². The van der Waals surface area contributed by atoms with E-state index in [9.17, 15) is 14.0 Å². The molecule has 142 valence electrons. The van der Waals surface area contributed by atoms with Crippen molar-refractivity contribution in [1.82, 2.24) is 10.7 Å². The van der Waals surface area contributed by atoms with Gasteiger partial charge in [-0.1, -0.05) is 13.3 Å². The zero-order valence-electron chi connectivity index (χ0n) is 15.1. The zero-order chi connectivity index (χ0) is 19.5. The standard InChI is InChI=1S/C20H22FN3O3/c1-2-3-12-27-18-10-4-15(5-11-18)13-23-24-19(25)14-22-20(26)16-6-8-17(21)9-7-16/h4-11,13H,2-3,12,14H2,1H3,(H,22,26)(H,24,25)/b23-13+. The van der Waals surface area contributed by atoms with Crippen LogP contribution in [0.1, 0.15) is 35.7 Å². The van der Waals surface area contributed by atoms with Gasteiger partial charge in [0.1, 0.15) is 11.6 Å². The first-order chi connectivity index (χ1) is 13.1. The van der Waals surface area contributed by atoms with Gasteiger partial charge in [0.15, 0.2) is 0 Å². The van der Waals surface area contributed by atoms with Crippen LogP contribution in [0.15, 0.2) is 53.6 Å². The van der Waals surface area contributed by atoms with E-state index in [1.807, 2.05) is 24.3 Å². The number of rotatable bonds is 9. The molecule has 0 saturated heterocycles. The second-order valence-corrected chi connectivity index (χ2v) is 5.75. The Balaban J connectivity index is 1.72. The van der Waals surface area contributed by atoms with Crippen molar-refractivity contribution in [2.75, 3.05) is 13.2 Å². The van der Waals surface area contributed by atoms with Gasteiger partial charge >= 0.3 is 0 Å². The molecule has 0 aliphatic carbocycles. The maximum Gasteiger partial charge on any atom is 0.259 e. The minimum Gasteiger partial charge on any atom is -0.494 e. The van der Waals surface area contributed by atoms with Crippen molar-refractivity contribution in [3.8, 4) is 5.75 Å². The average Bonchev–Trinajstić information content (AvgIpc) is 2.68. The Hall–Kier alpha value is -3.22. The second kappa shape index (κ2) is 10.7. The minimum absolute atomic E-state index is 0.238. The highest BCUT2D eigenvalue weighted by Crippen LogP contribution is 2.11. The normalized spacial score (nSPS) is 10.6. The van der Waals surface area contributed by atoms with Gasteiger partial charge in [0.05, 0.1) is 19.4 Å². The molecular formula is C20H22FN3O3. The summed E-state index contributed by atoms with van der Waals surface area (Å²) in [5.41, 5.74) is 3.40. The number of carbonyl (C=O) groups is 2. The smallest absolute Gasteiger partial charge is 0.259 e. The third-order valence-corrected chi connectivity index (χ3v) is 3.57. The van der Waals surface area contributed by atoms with Crippen LogP contribution in [0.3, 0.4) is 0 Å². The number of hydrogen-bond acceptors (Lipinski definition) is 4. The average molecular weight is 371 g/mol. The van der Waals surface area contributed by atoms with Crippen LogP contribution in [0.4, 0.5) is 4.39 Å². The van der Waals surface area contributed by atoms with E-state index < -0.39 is 17.6 Å². The molecule has 0 spiro atoms. The molecule has 0 atom stereocenters. The molecule has 0 saturated carbocycles. The van der Waals surface area contributed by atoms with Crippen molar-refractivity contribution >= 4 is 18.0 Å². The van der Waals surface area contributed by atoms with Gasteiger partial charge in [-0.2, -0.15) is 5.10 Å². The van der Waals surface area contributed by atoms with Gasteiger partial charge in [0.2, 0.25) is 0 Å². The Morgan fingerprint density at radius 1 is 1.11 bits per heavy atom. The first kappa shape index (κ1) is 20.1. The van der Waals surface area contributed by atoms with Gasteiger partial charge in [-0.15, -0.1) is 0 Å². The molecule has 7 heteroatoms. The topological polar surface area (TPSA) is 79.8 Å². The summed E-state index contributed by atoms with van der Waals surface area (Å²) in [6.45, 7) is 2.55. The molecule has 0 heterocycles. The molecular weight excluding hydrogens is 349 g/mol. The summed E-state index contributed by atoms with van der Waals surface area (Å²) in [5, 5.41) is 6.28. The Labute approximate surface area is 157 Å². The van der Waals surface area contributed by atoms with E-state index in [-0.39, 0.29) is 12.1 Å². The summed E-state index contributed by atoms with van der Waals surface area (Å²) in [6.07, 6.45) is 3.58. The van der Waals surface area contributed by atoms with Crippen molar-refractivity contribution in [3.05, 3.63) is 65.5 Å². The molecule has 0 aliphatic heterocycles. The molecule has 0 unspecified atom stereocenters. The quantitative estimate of drug-likeness (QED) is 0.404. The molecule has 6 nitrogen and oxygen atoms in total. The van der Waals surface area contributed by atoms with Crippen molar-refractivity contribution in [1.29, 1.82) is 0 Å². The van der Waals surface area contributed by atoms with Crippen LogP contribution in [-0.4, -0.2) is 31.2 Å².